The molecular formula is C12H15N3O. The number of rotatable bonds is 3. The lowest BCUT2D eigenvalue weighted by molar-refractivity contribution is 0.402. The molecule has 2 aromatic rings. The second-order valence-corrected chi connectivity index (χ2v) is 4.05. The highest BCUT2D eigenvalue weighted by atomic mass is 16.5. The van der Waals surface area contributed by atoms with Crippen molar-refractivity contribution in [3.63, 3.8) is 0 Å². The van der Waals surface area contributed by atoms with E-state index in [1.54, 1.807) is 6.07 Å². The summed E-state index contributed by atoms with van der Waals surface area (Å²) in [5.74, 6) is 0.341. The Hall–Kier alpha value is -1.81. The van der Waals surface area contributed by atoms with Crippen LogP contribution in [0.5, 0.6) is 0 Å². The van der Waals surface area contributed by atoms with E-state index in [1.807, 2.05) is 26.2 Å². The van der Waals surface area contributed by atoms with E-state index in [0.29, 0.717) is 5.88 Å². The zero-order chi connectivity index (χ0) is 11.5. The summed E-state index contributed by atoms with van der Waals surface area (Å²) in [7, 11) is 4.08. The van der Waals surface area contributed by atoms with Gasteiger partial charge in [-0.3, -0.25) is 0 Å². The third kappa shape index (κ3) is 2.41. The zero-order valence-electron chi connectivity index (χ0n) is 9.47. The highest BCUT2D eigenvalue weighted by molar-refractivity contribution is 5.61. The average molecular weight is 217 g/mol. The number of nitrogens with two attached hydrogens (primary N) is 1. The summed E-state index contributed by atoms with van der Waals surface area (Å²) in [6.07, 6.45) is 0. The number of hydrogen-bond donors (Lipinski definition) is 1. The molecule has 0 bridgehead atoms. The Morgan fingerprint density at radius 2 is 2.12 bits per heavy atom. The molecule has 0 fully saturated rings. The van der Waals surface area contributed by atoms with E-state index in [0.717, 1.165) is 17.8 Å². The maximum Gasteiger partial charge on any atom is 0.222 e. The van der Waals surface area contributed by atoms with Crippen molar-refractivity contribution in [1.82, 2.24) is 10.1 Å². The van der Waals surface area contributed by atoms with Gasteiger partial charge in [0.2, 0.25) is 5.88 Å². The summed E-state index contributed by atoms with van der Waals surface area (Å²) in [5.41, 5.74) is 8.54. The third-order valence-corrected chi connectivity index (χ3v) is 2.25. The second kappa shape index (κ2) is 4.37. The summed E-state index contributed by atoms with van der Waals surface area (Å²) in [6.45, 7) is 0.904. The van der Waals surface area contributed by atoms with Crippen LogP contribution < -0.4 is 5.73 Å². The average Bonchev–Trinajstić information content (AvgIpc) is 2.64. The molecule has 1 aromatic carbocycles. The molecule has 84 valence electrons. The first-order valence-electron chi connectivity index (χ1n) is 5.11. The van der Waals surface area contributed by atoms with E-state index in [4.69, 9.17) is 10.3 Å². The van der Waals surface area contributed by atoms with Crippen molar-refractivity contribution in [3.8, 4) is 11.3 Å². The molecule has 16 heavy (non-hydrogen) atoms. The van der Waals surface area contributed by atoms with Crippen molar-refractivity contribution in [2.24, 2.45) is 0 Å². The molecule has 0 aliphatic heterocycles. The summed E-state index contributed by atoms with van der Waals surface area (Å²) < 4.78 is 4.86. The number of anilines is 1. The van der Waals surface area contributed by atoms with Crippen LogP contribution in [0, 0.1) is 0 Å². The van der Waals surface area contributed by atoms with Crippen LogP contribution in [0.15, 0.2) is 34.9 Å². The molecule has 0 aliphatic carbocycles. The summed E-state index contributed by atoms with van der Waals surface area (Å²) in [6, 6.07) is 9.93. The first-order chi connectivity index (χ1) is 7.65. The normalized spacial score (nSPS) is 10.9. The molecule has 4 heteroatoms. The van der Waals surface area contributed by atoms with Crippen molar-refractivity contribution in [2.75, 3.05) is 19.8 Å². The van der Waals surface area contributed by atoms with Gasteiger partial charge in [-0.1, -0.05) is 23.4 Å². The van der Waals surface area contributed by atoms with Crippen LogP contribution in [0.3, 0.4) is 0 Å². The highest BCUT2D eigenvalue weighted by Crippen LogP contribution is 2.21. The molecule has 2 N–H and O–H groups in total. The van der Waals surface area contributed by atoms with Gasteiger partial charge in [-0.2, -0.15) is 0 Å². The summed E-state index contributed by atoms with van der Waals surface area (Å²) in [5, 5.41) is 3.89. The number of nitrogen functional groups attached to an aromatic ring is 1. The molecule has 0 unspecified atom stereocenters. The lowest BCUT2D eigenvalue weighted by Crippen LogP contribution is -2.10. The van der Waals surface area contributed by atoms with E-state index in [9.17, 15) is 0 Å². The van der Waals surface area contributed by atoms with E-state index >= 15 is 0 Å². The van der Waals surface area contributed by atoms with E-state index in [2.05, 4.69) is 22.2 Å². The molecule has 4 nitrogen and oxygen atoms in total. The summed E-state index contributed by atoms with van der Waals surface area (Å²) in [4.78, 5) is 2.12. The maximum absolute atomic E-state index is 5.50. The van der Waals surface area contributed by atoms with Crippen LogP contribution in [-0.2, 0) is 6.54 Å². The highest BCUT2D eigenvalue weighted by Gasteiger charge is 2.05. The van der Waals surface area contributed by atoms with Gasteiger partial charge in [0.25, 0.3) is 0 Å². The van der Waals surface area contributed by atoms with Gasteiger partial charge in [-0.25, -0.2) is 0 Å². The largest absolute Gasteiger partial charge is 0.368 e. The molecule has 0 atom stereocenters. The molecular weight excluding hydrogens is 202 g/mol. The van der Waals surface area contributed by atoms with Gasteiger partial charge < -0.3 is 15.2 Å². The maximum atomic E-state index is 5.50. The van der Waals surface area contributed by atoms with Gasteiger partial charge in [0.15, 0.2) is 0 Å². The fourth-order valence-corrected chi connectivity index (χ4v) is 1.62. The Morgan fingerprint density at radius 1 is 1.31 bits per heavy atom. The molecule has 0 saturated heterocycles. The quantitative estimate of drug-likeness (QED) is 0.854. The lowest BCUT2D eigenvalue weighted by Gasteiger charge is -2.09. The minimum atomic E-state index is 0.341. The fraction of sp³-hybridized carbons (Fsp3) is 0.250. The zero-order valence-corrected chi connectivity index (χ0v) is 9.47. The van der Waals surface area contributed by atoms with Crippen molar-refractivity contribution >= 4 is 5.88 Å². The predicted molar refractivity (Wildman–Crippen MR) is 63.7 cm³/mol. The fourth-order valence-electron chi connectivity index (χ4n) is 1.62. The van der Waals surface area contributed by atoms with Crippen molar-refractivity contribution < 1.29 is 4.52 Å². The minimum absolute atomic E-state index is 0.341. The second-order valence-electron chi connectivity index (χ2n) is 4.05. The molecule has 0 amide bonds. The molecule has 1 aromatic heterocycles. The predicted octanol–water partition coefficient (Wildman–Crippen LogP) is 1.99. The van der Waals surface area contributed by atoms with Gasteiger partial charge in [0.05, 0.1) is 0 Å². The molecule has 2 rings (SSSR count). The molecule has 0 radical (unpaired) electrons. The first-order valence-corrected chi connectivity index (χ1v) is 5.11. The first kappa shape index (κ1) is 10.7. The Balaban J connectivity index is 2.28. The van der Waals surface area contributed by atoms with Gasteiger partial charge in [-0.05, 0) is 25.7 Å². The van der Waals surface area contributed by atoms with Crippen LogP contribution in [0.25, 0.3) is 11.3 Å². The number of benzene rings is 1. The Kier molecular flexibility index (Phi) is 2.92. The van der Waals surface area contributed by atoms with Crippen LogP contribution in [0.1, 0.15) is 5.56 Å². The molecule has 0 saturated carbocycles. The SMILES string of the molecule is CN(C)Cc1cccc(-c2cc(N)on2)c1. The standard InChI is InChI=1S/C12H15N3O/c1-15(2)8-9-4-3-5-10(6-9)11-7-12(13)16-14-11/h3-7H,8,13H2,1-2H3. The lowest BCUT2D eigenvalue weighted by atomic mass is 10.1. The van der Waals surface area contributed by atoms with E-state index in [-0.39, 0.29) is 0 Å². The Morgan fingerprint density at radius 3 is 2.75 bits per heavy atom. The van der Waals surface area contributed by atoms with Gasteiger partial charge in [0.1, 0.15) is 5.69 Å². The monoisotopic (exact) mass is 217 g/mol. The van der Waals surface area contributed by atoms with Crippen LogP contribution in [0.4, 0.5) is 5.88 Å². The van der Waals surface area contributed by atoms with Crippen LogP contribution in [0.2, 0.25) is 0 Å². The Labute approximate surface area is 94.6 Å². The number of nitrogens with zero attached hydrogens (tertiary/aromatic N) is 2. The van der Waals surface area contributed by atoms with Crippen LogP contribution >= 0.6 is 0 Å². The minimum Gasteiger partial charge on any atom is -0.368 e. The smallest absolute Gasteiger partial charge is 0.222 e. The topological polar surface area (TPSA) is 55.3 Å². The van der Waals surface area contributed by atoms with E-state index in [1.165, 1.54) is 5.56 Å². The molecule has 1 heterocycles. The van der Waals surface area contributed by atoms with Gasteiger partial charge in [-0.15, -0.1) is 0 Å². The summed E-state index contributed by atoms with van der Waals surface area (Å²) >= 11 is 0. The van der Waals surface area contributed by atoms with E-state index < -0.39 is 0 Å². The number of aromatic nitrogens is 1. The van der Waals surface area contributed by atoms with Crippen molar-refractivity contribution in [2.45, 2.75) is 6.54 Å². The Bertz CT molecular complexity index is 477. The van der Waals surface area contributed by atoms with Gasteiger partial charge >= 0.3 is 0 Å². The number of hydrogen-bond acceptors (Lipinski definition) is 4. The molecule has 0 spiro atoms. The van der Waals surface area contributed by atoms with Crippen molar-refractivity contribution in [3.05, 3.63) is 35.9 Å². The van der Waals surface area contributed by atoms with Crippen molar-refractivity contribution in [1.29, 1.82) is 0 Å². The van der Waals surface area contributed by atoms with Gasteiger partial charge in [0, 0.05) is 18.2 Å². The van der Waals surface area contributed by atoms with Crippen LogP contribution in [-0.4, -0.2) is 24.2 Å². The third-order valence-electron chi connectivity index (χ3n) is 2.25. The molecule has 0 aliphatic rings.